The number of rotatable bonds is 4. The molecule has 24 heavy (non-hydrogen) atoms. The summed E-state index contributed by atoms with van der Waals surface area (Å²) in [6.45, 7) is 7.63. The van der Waals surface area contributed by atoms with Gasteiger partial charge in [0.15, 0.2) is 11.5 Å². The van der Waals surface area contributed by atoms with Gasteiger partial charge in [-0.25, -0.2) is 0 Å². The van der Waals surface area contributed by atoms with Crippen molar-refractivity contribution in [2.75, 3.05) is 38.2 Å². The monoisotopic (exact) mass is 355 g/mol. The first-order chi connectivity index (χ1) is 11.0. The van der Waals surface area contributed by atoms with Crippen molar-refractivity contribution in [2.24, 2.45) is 11.1 Å². The standard InChI is InChI=1S/C17H25N3O3.ClH/c1-12(20-6-5-17(2,10-18)11-20)16(21)19-13-3-4-14-15(9-13)23-8-7-22-14;/h3-4,9,12H,5-8,10-11,18H2,1-2H3,(H,19,21);1H. The molecule has 1 aromatic rings. The molecule has 2 unspecified atom stereocenters. The van der Waals surface area contributed by atoms with Crippen molar-refractivity contribution in [3.63, 3.8) is 0 Å². The van der Waals surface area contributed by atoms with Crippen molar-refractivity contribution < 1.29 is 14.3 Å². The fraction of sp³-hybridized carbons (Fsp3) is 0.588. The fourth-order valence-electron chi connectivity index (χ4n) is 3.09. The number of hydrogen-bond donors (Lipinski definition) is 2. The zero-order valence-corrected chi connectivity index (χ0v) is 15.0. The minimum absolute atomic E-state index is 0. The maximum Gasteiger partial charge on any atom is 0.241 e. The molecule has 0 aliphatic carbocycles. The van der Waals surface area contributed by atoms with Crippen LogP contribution in [-0.2, 0) is 4.79 Å². The van der Waals surface area contributed by atoms with Crippen molar-refractivity contribution in [3.8, 4) is 11.5 Å². The molecule has 3 rings (SSSR count). The number of nitrogens with zero attached hydrogens (tertiary/aromatic N) is 1. The van der Waals surface area contributed by atoms with Crippen molar-refractivity contribution in [2.45, 2.75) is 26.3 Å². The van der Waals surface area contributed by atoms with Gasteiger partial charge in [0.05, 0.1) is 6.04 Å². The number of likely N-dealkylation sites (tertiary alicyclic amines) is 1. The zero-order valence-electron chi connectivity index (χ0n) is 14.2. The van der Waals surface area contributed by atoms with Crippen LogP contribution in [0.5, 0.6) is 11.5 Å². The summed E-state index contributed by atoms with van der Waals surface area (Å²) >= 11 is 0. The van der Waals surface area contributed by atoms with E-state index in [9.17, 15) is 4.79 Å². The molecule has 134 valence electrons. The second kappa shape index (κ2) is 7.59. The van der Waals surface area contributed by atoms with E-state index in [0.29, 0.717) is 25.5 Å². The van der Waals surface area contributed by atoms with Crippen molar-refractivity contribution in [1.29, 1.82) is 0 Å². The number of amides is 1. The molecule has 1 aromatic carbocycles. The molecular formula is C17H26ClN3O3. The lowest BCUT2D eigenvalue weighted by Crippen LogP contribution is -2.42. The van der Waals surface area contributed by atoms with Crippen LogP contribution >= 0.6 is 12.4 Å². The summed E-state index contributed by atoms with van der Waals surface area (Å²) < 4.78 is 11.0. The SMILES string of the molecule is CC(C(=O)Nc1ccc2c(c1)OCCO2)N1CCC(C)(CN)C1.Cl. The molecule has 1 saturated heterocycles. The van der Waals surface area contributed by atoms with Crippen LogP contribution < -0.4 is 20.5 Å². The first-order valence-corrected chi connectivity index (χ1v) is 8.15. The van der Waals surface area contributed by atoms with Gasteiger partial charge in [0.2, 0.25) is 5.91 Å². The molecule has 1 amide bonds. The quantitative estimate of drug-likeness (QED) is 0.862. The maximum absolute atomic E-state index is 12.5. The molecule has 2 aliphatic heterocycles. The lowest BCUT2D eigenvalue weighted by atomic mass is 9.90. The maximum atomic E-state index is 12.5. The number of hydrogen-bond acceptors (Lipinski definition) is 5. The Morgan fingerprint density at radius 3 is 2.75 bits per heavy atom. The number of halogens is 1. The number of nitrogens with one attached hydrogen (secondary N) is 1. The number of fused-ring (bicyclic) bond motifs is 1. The molecule has 0 spiro atoms. The van der Waals surface area contributed by atoms with Gasteiger partial charge in [-0.05, 0) is 44.0 Å². The molecule has 0 radical (unpaired) electrons. The third-order valence-electron chi connectivity index (χ3n) is 4.82. The van der Waals surface area contributed by atoms with Crippen LogP contribution in [0.2, 0.25) is 0 Å². The minimum Gasteiger partial charge on any atom is -0.486 e. The molecule has 0 saturated carbocycles. The average molecular weight is 356 g/mol. The fourth-order valence-corrected chi connectivity index (χ4v) is 3.09. The van der Waals surface area contributed by atoms with Crippen LogP contribution in [0.25, 0.3) is 0 Å². The van der Waals surface area contributed by atoms with E-state index in [2.05, 4.69) is 17.1 Å². The average Bonchev–Trinajstić information content (AvgIpc) is 2.97. The summed E-state index contributed by atoms with van der Waals surface area (Å²) in [4.78, 5) is 14.7. The largest absolute Gasteiger partial charge is 0.486 e. The second-order valence-electron chi connectivity index (χ2n) is 6.76. The Morgan fingerprint density at radius 2 is 2.08 bits per heavy atom. The van der Waals surface area contributed by atoms with Crippen LogP contribution in [-0.4, -0.2) is 49.7 Å². The van der Waals surface area contributed by atoms with Gasteiger partial charge in [-0.15, -0.1) is 12.4 Å². The van der Waals surface area contributed by atoms with E-state index >= 15 is 0 Å². The van der Waals surface area contributed by atoms with Gasteiger partial charge in [-0.2, -0.15) is 0 Å². The summed E-state index contributed by atoms with van der Waals surface area (Å²) in [7, 11) is 0. The van der Waals surface area contributed by atoms with Crippen molar-refractivity contribution in [1.82, 2.24) is 4.90 Å². The Balaban J connectivity index is 0.00000208. The molecule has 6 nitrogen and oxygen atoms in total. The van der Waals surface area contributed by atoms with Gasteiger partial charge in [0.1, 0.15) is 13.2 Å². The molecule has 0 bridgehead atoms. The molecule has 2 aliphatic rings. The number of anilines is 1. The van der Waals surface area contributed by atoms with Crippen LogP contribution in [0.3, 0.4) is 0 Å². The Kier molecular flexibility index (Phi) is 5.96. The third-order valence-corrected chi connectivity index (χ3v) is 4.82. The zero-order chi connectivity index (χ0) is 16.4. The molecule has 2 atom stereocenters. The minimum atomic E-state index is -0.184. The van der Waals surface area contributed by atoms with E-state index in [-0.39, 0.29) is 29.8 Å². The van der Waals surface area contributed by atoms with E-state index in [4.69, 9.17) is 15.2 Å². The summed E-state index contributed by atoms with van der Waals surface area (Å²) in [5, 5.41) is 2.97. The molecule has 2 heterocycles. The Labute approximate surface area is 149 Å². The topological polar surface area (TPSA) is 76.8 Å². The molecular weight excluding hydrogens is 330 g/mol. The lowest BCUT2D eigenvalue weighted by molar-refractivity contribution is -0.120. The molecule has 0 aromatic heterocycles. The molecule has 3 N–H and O–H groups in total. The van der Waals surface area contributed by atoms with Gasteiger partial charge in [0, 0.05) is 18.3 Å². The van der Waals surface area contributed by atoms with Gasteiger partial charge >= 0.3 is 0 Å². The number of carbonyl (C=O) groups excluding carboxylic acids is 1. The number of nitrogens with two attached hydrogens (primary N) is 1. The van der Waals surface area contributed by atoms with Crippen molar-refractivity contribution in [3.05, 3.63) is 18.2 Å². The van der Waals surface area contributed by atoms with E-state index in [1.54, 1.807) is 0 Å². The summed E-state index contributed by atoms with van der Waals surface area (Å²) in [6, 6.07) is 5.30. The number of ether oxygens (including phenoxy) is 2. The van der Waals surface area contributed by atoms with E-state index in [0.717, 1.165) is 30.9 Å². The van der Waals surface area contributed by atoms with Gasteiger partial charge < -0.3 is 20.5 Å². The Bertz CT molecular complexity index is 598. The van der Waals surface area contributed by atoms with Crippen LogP contribution in [0.4, 0.5) is 5.69 Å². The highest BCUT2D eigenvalue weighted by atomic mass is 35.5. The predicted molar refractivity (Wildman–Crippen MR) is 96.1 cm³/mol. The summed E-state index contributed by atoms with van der Waals surface area (Å²) in [6.07, 6.45) is 1.03. The van der Waals surface area contributed by atoms with Crippen LogP contribution in [0.15, 0.2) is 18.2 Å². The highest BCUT2D eigenvalue weighted by molar-refractivity contribution is 5.94. The predicted octanol–water partition coefficient (Wildman–Crippen LogP) is 1.88. The number of benzene rings is 1. The number of carbonyl (C=O) groups is 1. The third kappa shape index (κ3) is 3.94. The van der Waals surface area contributed by atoms with Gasteiger partial charge in [-0.3, -0.25) is 9.69 Å². The smallest absolute Gasteiger partial charge is 0.241 e. The molecule has 7 heteroatoms. The van der Waals surface area contributed by atoms with Crippen LogP contribution in [0, 0.1) is 5.41 Å². The molecule has 1 fully saturated rings. The van der Waals surface area contributed by atoms with E-state index < -0.39 is 0 Å². The summed E-state index contributed by atoms with van der Waals surface area (Å²) in [5.41, 5.74) is 6.69. The first-order valence-electron chi connectivity index (χ1n) is 8.15. The Hall–Kier alpha value is -1.50. The summed E-state index contributed by atoms with van der Waals surface area (Å²) in [5.74, 6) is 1.39. The highest BCUT2D eigenvalue weighted by Crippen LogP contribution is 2.33. The normalized spacial score (nSPS) is 24.1. The van der Waals surface area contributed by atoms with Gasteiger partial charge in [0.25, 0.3) is 0 Å². The van der Waals surface area contributed by atoms with Crippen molar-refractivity contribution >= 4 is 24.0 Å². The lowest BCUT2D eigenvalue weighted by Gasteiger charge is -2.26. The van der Waals surface area contributed by atoms with Crippen LogP contribution in [0.1, 0.15) is 20.3 Å². The first kappa shape index (κ1) is 18.8. The highest BCUT2D eigenvalue weighted by Gasteiger charge is 2.36. The van der Waals surface area contributed by atoms with E-state index in [1.807, 2.05) is 25.1 Å². The van der Waals surface area contributed by atoms with Gasteiger partial charge in [-0.1, -0.05) is 6.92 Å². The second-order valence-corrected chi connectivity index (χ2v) is 6.76. The Morgan fingerprint density at radius 1 is 1.38 bits per heavy atom. The van der Waals surface area contributed by atoms with E-state index in [1.165, 1.54) is 0 Å².